The molecule has 0 bridgehead atoms. The van der Waals surface area contributed by atoms with Crippen molar-refractivity contribution in [3.05, 3.63) is 53.1 Å². The highest BCUT2D eigenvalue weighted by Crippen LogP contribution is 2.36. The van der Waals surface area contributed by atoms with Crippen LogP contribution in [0.3, 0.4) is 0 Å². The second-order valence-corrected chi connectivity index (χ2v) is 7.04. The molecule has 0 aromatic heterocycles. The molecule has 0 aliphatic heterocycles. The zero-order valence-electron chi connectivity index (χ0n) is 16.4. The Morgan fingerprint density at radius 3 is 2.21 bits per heavy atom. The summed E-state index contributed by atoms with van der Waals surface area (Å²) < 4.78 is 10.4. The first kappa shape index (κ1) is 21.6. The van der Waals surface area contributed by atoms with Crippen molar-refractivity contribution in [1.82, 2.24) is 5.32 Å². The molecule has 0 saturated carbocycles. The highest BCUT2D eigenvalue weighted by Gasteiger charge is 2.25. The summed E-state index contributed by atoms with van der Waals surface area (Å²) >= 11 is 6.24. The van der Waals surface area contributed by atoms with Gasteiger partial charge in [0.1, 0.15) is 6.04 Å². The fourth-order valence-corrected chi connectivity index (χ4v) is 2.90. The van der Waals surface area contributed by atoms with E-state index in [0.29, 0.717) is 22.2 Å². The number of benzene rings is 2. The van der Waals surface area contributed by atoms with E-state index in [2.05, 4.69) is 10.6 Å². The maximum atomic E-state index is 12.8. The molecule has 6 nitrogen and oxygen atoms in total. The van der Waals surface area contributed by atoms with E-state index in [-0.39, 0.29) is 24.2 Å². The van der Waals surface area contributed by atoms with Crippen LogP contribution in [-0.2, 0) is 16.0 Å². The molecular weight excluding hydrogens is 380 g/mol. The van der Waals surface area contributed by atoms with Crippen molar-refractivity contribution in [1.29, 1.82) is 0 Å². The van der Waals surface area contributed by atoms with Gasteiger partial charge in [0.15, 0.2) is 11.5 Å². The number of halogens is 1. The molecule has 0 aliphatic carbocycles. The van der Waals surface area contributed by atoms with Crippen LogP contribution in [0.2, 0.25) is 5.02 Å². The first-order chi connectivity index (χ1) is 13.3. The molecule has 1 atom stereocenters. The average Bonchev–Trinajstić information content (AvgIpc) is 2.67. The summed E-state index contributed by atoms with van der Waals surface area (Å²) in [5, 5.41) is 5.88. The zero-order valence-corrected chi connectivity index (χ0v) is 17.2. The Balaban J connectivity index is 2.11. The highest BCUT2D eigenvalue weighted by molar-refractivity contribution is 6.34. The van der Waals surface area contributed by atoms with Gasteiger partial charge in [0, 0.05) is 12.1 Å². The van der Waals surface area contributed by atoms with Gasteiger partial charge in [-0.1, -0.05) is 55.8 Å². The van der Waals surface area contributed by atoms with Crippen molar-refractivity contribution < 1.29 is 19.1 Å². The van der Waals surface area contributed by atoms with Crippen LogP contribution in [0.15, 0.2) is 42.5 Å². The Morgan fingerprint density at radius 2 is 1.64 bits per heavy atom. The zero-order chi connectivity index (χ0) is 20.7. The van der Waals surface area contributed by atoms with Crippen LogP contribution in [0, 0.1) is 5.92 Å². The van der Waals surface area contributed by atoms with E-state index in [0.717, 1.165) is 5.56 Å². The quantitative estimate of drug-likeness (QED) is 0.703. The van der Waals surface area contributed by atoms with Gasteiger partial charge in [-0.3, -0.25) is 9.59 Å². The number of methoxy groups -OCH3 is 2. The number of anilines is 1. The Bertz CT molecular complexity index is 825. The van der Waals surface area contributed by atoms with Gasteiger partial charge in [0.25, 0.3) is 0 Å². The second-order valence-electron chi connectivity index (χ2n) is 6.63. The molecular formula is C21H25ClN2O4. The molecule has 2 aromatic rings. The SMILES string of the molecule is COc1cc(Cl)c(NC(=O)[C@H](NC(=O)Cc2ccccc2)C(C)C)cc1OC. The van der Waals surface area contributed by atoms with Gasteiger partial charge in [-0.15, -0.1) is 0 Å². The number of rotatable bonds is 8. The molecule has 2 N–H and O–H groups in total. The third-order valence-electron chi connectivity index (χ3n) is 4.20. The molecule has 0 fully saturated rings. The first-order valence-electron chi connectivity index (χ1n) is 8.91. The van der Waals surface area contributed by atoms with Crippen LogP contribution >= 0.6 is 11.6 Å². The lowest BCUT2D eigenvalue weighted by molar-refractivity contribution is -0.127. The third-order valence-corrected chi connectivity index (χ3v) is 4.52. The van der Waals surface area contributed by atoms with Crippen molar-refractivity contribution in [3.8, 4) is 11.5 Å². The van der Waals surface area contributed by atoms with Gasteiger partial charge in [-0.2, -0.15) is 0 Å². The van der Waals surface area contributed by atoms with E-state index in [1.54, 1.807) is 12.1 Å². The van der Waals surface area contributed by atoms with Crippen LogP contribution < -0.4 is 20.1 Å². The summed E-state index contributed by atoms with van der Waals surface area (Å²) in [6, 6.07) is 11.8. The van der Waals surface area contributed by atoms with E-state index in [1.807, 2.05) is 44.2 Å². The Kier molecular flexibility index (Phi) is 7.70. The van der Waals surface area contributed by atoms with Crippen LogP contribution in [0.25, 0.3) is 0 Å². The minimum absolute atomic E-state index is 0.112. The summed E-state index contributed by atoms with van der Waals surface area (Å²) in [7, 11) is 3.00. The second kappa shape index (κ2) is 9.99. The van der Waals surface area contributed by atoms with Gasteiger partial charge in [0.05, 0.1) is 31.4 Å². The number of carbonyl (C=O) groups excluding carboxylic acids is 2. The van der Waals surface area contributed by atoms with Gasteiger partial charge in [-0.25, -0.2) is 0 Å². The Hall–Kier alpha value is -2.73. The largest absolute Gasteiger partial charge is 0.493 e. The van der Waals surface area contributed by atoms with Crippen molar-refractivity contribution in [2.24, 2.45) is 5.92 Å². The summed E-state index contributed by atoms with van der Waals surface area (Å²) in [4.78, 5) is 25.2. The summed E-state index contributed by atoms with van der Waals surface area (Å²) in [6.07, 6.45) is 0.203. The number of ether oxygens (including phenoxy) is 2. The number of nitrogens with one attached hydrogen (secondary N) is 2. The number of amides is 2. The standard InChI is InChI=1S/C21H25ClN2O4/c1-13(2)20(24-19(25)10-14-8-6-5-7-9-14)21(26)23-16-12-18(28-4)17(27-3)11-15(16)22/h5-9,11-13,20H,10H2,1-4H3,(H,23,26)(H,24,25)/t20-/m1/s1. The lowest BCUT2D eigenvalue weighted by atomic mass is 10.0. The average molecular weight is 405 g/mol. The summed E-state index contributed by atoms with van der Waals surface area (Å²) in [5.74, 6) is 0.209. The number of carbonyl (C=O) groups is 2. The van der Waals surface area contributed by atoms with Crippen molar-refractivity contribution in [3.63, 3.8) is 0 Å². The molecule has 2 rings (SSSR count). The van der Waals surface area contributed by atoms with Crippen LogP contribution in [0.1, 0.15) is 19.4 Å². The van der Waals surface area contributed by atoms with E-state index in [1.165, 1.54) is 14.2 Å². The molecule has 0 spiro atoms. The predicted octanol–water partition coefficient (Wildman–Crippen LogP) is 3.68. The number of hydrogen-bond donors (Lipinski definition) is 2. The fraction of sp³-hybridized carbons (Fsp3) is 0.333. The molecule has 150 valence electrons. The smallest absolute Gasteiger partial charge is 0.247 e. The van der Waals surface area contributed by atoms with Crippen molar-refractivity contribution >= 4 is 29.1 Å². The summed E-state index contributed by atoms with van der Waals surface area (Å²) in [5.41, 5.74) is 1.26. The maximum Gasteiger partial charge on any atom is 0.247 e. The minimum atomic E-state index is -0.708. The lowest BCUT2D eigenvalue weighted by Gasteiger charge is -2.22. The highest BCUT2D eigenvalue weighted by atomic mass is 35.5. The maximum absolute atomic E-state index is 12.8. The van der Waals surface area contributed by atoms with Crippen LogP contribution in [0.4, 0.5) is 5.69 Å². The molecule has 7 heteroatoms. The molecule has 28 heavy (non-hydrogen) atoms. The van der Waals surface area contributed by atoms with Gasteiger partial charge in [0.2, 0.25) is 11.8 Å². The monoisotopic (exact) mass is 404 g/mol. The Labute approximate surface area is 170 Å². The minimum Gasteiger partial charge on any atom is -0.493 e. The first-order valence-corrected chi connectivity index (χ1v) is 9.29. The normalized spacial score (nSPS) is 11.6. The van der Waals surface area contributed by atoms with Crippen molar-refractivity contribution in [2.45, 2.75) is 26.3 Å². The molecule has 0 unspecified atom stereocenters. The summed E-state index contributed by atoms with van der Waals surface area (Å²) in [6.45, 7) is 3.73. The predicted molar refractivity (Wildman–Crippen MR) is 110 cm³/mol. The van der Waals surface area contributed by atoms with E-state index in [9.17, 15) is 9.59 Å². The van der Waals surface area contributed by atoms with E-state index in [4.69, 9.17) is 21.1 Å². The van der Waals surface area contributed by atoms with Crippen LogP contribution in [0.5, 0.6) is 11.5 Å². The topological polar surface area (TPSA) is 76.7 Å². The lowest BCUT2D eigenvalue weighted by Crippen LogP contribution is -2.47. The van der Waals surface area contributed by atoms with Crippen LogP contribution in [-0.4, -0.2) is 32.1 Å². The van der Waals surface area contributed by atoms with E-state index < -0.39 is 6.04 Å². The molecule has 0 radical (unpaired) electrons. The van der Waals surface area contributed by atoms with Gasteiger partial charge in [-0.05, 0) is 11.5 Å². The molecule has 2 aromatic carbocycles. The molecule has 2 amide bonds. The molecule has 0 saturated heterocycles. The third kappa shape index (κ3) is 5.63. The van der Waals surface area contributed by atoms with Gasteiger partial charge >= 0.3 is 0 Å². The Morgan fingerprint density at radius 1 is 1.04 bits per heavy atom. The molecule has 0 aliphatic rings. The van der Waals surface area contributed by atoms with Crippen molar-refractivity contribution in [2.75, 3.05) is 19.5 Å². The van der Waals surface area contributed by atoms with Gasteiger partial charge < -0.3 is 20.1 Å². The fourth-order valence-electron chi connectivity index (χ4n) is 2.70. The molecule has 0 heterocycles. The van der Waals surface area contributed by atoms with E-state index >= 15 is 0 Å². The number of hydrogen-bond acceptors (Lipinski definition) is 4.